The molecule has 2 atom stereocenters. The molecule has 2 aromatic carbocycles. The highest BCUT2D eigenvalue weighted by Gasteiger charge is 2.42. The Kier molecular flexibility index (Phi) is 4.22. The van der Waals surface area contributed by atoms with Gasteiger partial charge in [0.2, 0.25) is 5.91 Å². The van der Waals surface area contributed by atoms with Gasteiger partial charge in [0.1, 0.15) is 18.5 Å². The Morgan fingerprint density at radius 1 is 1.04 bits per heavy atom. The Balaban J connectivity index is 1.56. The number of para-hydroxylation sites is 1. The van der Waals surface area contributed by atoms with Crippen molar-refractivity contribution in [3.8, 4) is 5.75 Å². The molecule has 4 heteroatoms. The van der Waals surface area contributed by atoms with Crippen LogP contribution in [0.15, 0.2) is 54.6 Å². The van der Waals surface area contributed by atoms with Crippen LogP contribution in [0.25, 0.3) is 0 Å². The van der Waals surface area contributed by atoms with Crippen molar-refractivity contribution in [3.63, 3.8) is 0 Å². The Bertz CT molecular complexity index is 717. The monoisotopic (exact) mass is 322 g/mol. The second-order valence-electron chi connectivity index (χ2n) is 6.47. The van der Waals surface area contributed by atoms with Crippen LogP contribution in [0.1, 0.15) is 36.6 Å². The van der Waals surface area contributed by atoms with Gasteiger partial charge in [-0.2, -0.15) is 0 Å². The van der Waals surface area contributed by atoms with Crippen molar-refractivity contribution in [1.29, 1.82) is 0 Å². The molecule has 2 fully saturated rings. The Labute approximate surface area is 142 Å². The summed E-state index contributed by atoms with van der Waals surface area (Å²) in [4.78, 5) is 14.6. The second kappa shape index (κ2) is 6.65. The molecule has 1 amide bonds. The van der Waals surface area contributed by atoms with Crippen molar-refractivity contribution < 1.29 is 9.53 Å². The van der Waals surface area contributed by atoms with Gasteiger partial charge in [-0.1, -0.05) is 55.0 Å². The third-order valence-corrected chi connectivity index (χ3v) is 4.91. The SMILES string of the molecule is O=C1NC(c2ccccc2OCc2ccccc2)N2CCCCC12. The lowest BCUT2D eigenvalue weighted by Gasteiger charge is -2.32. The molecule has 0 bridgehead atoms. The molecule has 24 heavy (non-hydrogen) atoms. The molecular formula is C20H22N2O2. The molecule has 0 radical (unpaired) electrons. The lowest BCUT2D eigenvalue weighted by Crippen LogP contribution is -2.38. The van der Waals surface area contributed by atoms with Crippen LogP contribution in [0.5, 0.6) is 5.75 Å². The summed E-state index contributed by atoms with van der Waals surface area (Å²) in [6.45, 7) is 1.49. The van der Waals surface area contributed by atoms with Gasteiger partial charge in [0.15, 0.2) is 0 Å². The molecule has 1 N–H and O–H groups in total. The zero-order valence-corrected chi connectivity index (χ0v) is 13.7. The zero-order valence-electron chi connectivity index (χ0n) is 13.7. The van der Waals surface area contributed by atoms with Gasteiger partial charge in [0, 0.05) is 12.1 Å². The lowest BCUT2D eigenvalue weighted by atomic mass is 10.0. The van der Waals surface area contributed by atoms with Crippen LogP contribution < -0.4 is 10.1 Å². The van der Waals surface area contributed by atoms with Gasteiger partial charge in [-0.05, 0) is 24.5 Å². The predicted molar refractivity (Wildman–Crippen MR) is 92.4 cm³/mol. The molecule has 2 aliphatic rings. The number of rotatable bonds is 4. The van der Waals surface area contributed by atoms with E-state index in [1.165, 1.54) is 0 Å². The first-order valence-electron chi connectivity index (χ1n) is 8.65. The van der Waals surface area contributed by atoms with E-state index in [0.717, 1.165) is 42.7 Å². The molecule has 0 aromatic heterocycles. The zero-order chi connectivity index (χ0) is 16.4. The van der Waals surface area contributed by atoms with Gasteiger partial charge < -0.3 is 10.1 Å². The minimum absolute atomic E-state index is 0.0194. The van der Waals surface area contributed by atoms with Crippen molar-refractivity contribution in [2.75, 3.05) is 6.54 Å². The number of piperidine rings is 1. The quantitative estimate of drug-likeness (QED) is 0.939. The van der Waals surface area contributed by atoms with Gasteiger partial charge in [0.05, 0.1) is 6.04 Å². The van der Waals surface area contributed by atoms with E-state index in [9.17, 15) is 4.79 Å². The molecule has 0 saturated carbocycles. The summed E-state index contributed by atoms with van der Waals surface area (Å²) in [6.07, 6.45) is 3.16. The summed E-state index contributed by atoms with van der Waals surface area (Å²) >= 11 is 0. The van der Waals surface area contributed by atoms with Gasteiger partial charge >= 0.3 is 0 Å². The minimum atomic E-state index is -0.0743. The number of fused-ring (bicyclic) bond motifs is 1. The van der Waals surface area contributed by atoms with Crippen LogP contribution in [-0.2, 0) is 11.4 Å². The Hall–Kier alpha value is -2.33. The van der Waals surface area contributed by atoms with Gasteiger partial charge in [-0.3, -0.25) is 9.69 Å². The highest BCUT2D eigenvalue weighted by atomic mass is 16.5. The Morgan fingerprint density at radius 3 is 2.71 bits per heavy atom. The highest BCUT2D eigenvalue weighted by Crippen LogP contribution is 2.36. The highest BCUT2D eigenvalue weighted by molar-refractivity contribution is 5.84. The first-order valence-corrected chi connectivity index (χ1v) is 8.65. The van der Waals surface area contributed by atoms with Crippen molar-refractivity contribution in [3.05, 3.63) is 65.7 Å². The average Bonchev–Trinajstić information content (AvgIpc) is 2.98. The Morgan fingerprint density at radius 2 is 1.83 bits per heavy atom. The van der Waals surface area contributed by atoms with Crippen molar-refractivity contribution in [2.45, 2.75) is 38.1 Å². The molecule has 2 aromatic rings. The molecule has 2 aliphatic heterocycles. The molecule has 0 spiro atoms. The normalized spacial score (nSPS) is 23.6. The van der Waals surface area contributed by atoms with Crippen LogP contribution >= 0.6 is 0 Å². The van der Waals surface area contributed by atoms with Crippen molar-refractivity contribution >= 4 is 5.91 Å². The fourth-order valence-corrected chi connectivity index (χ4v) is 3.69. The standard InChI is InChI=1S/C20H22N2O2/c23-20-17-11-6-7-13-22(17)19(21-20)16-10-4-5-12-18(16)24-14-15-8-2-1-3-9-15/h1-5,8-10,12,17,19H,6-7,11,13-14H2,(H,21,23). The van der Waals surface area contributed by atoms with Crippen LogP contribution in [0, 0.1) is 0 Å². The van der Waals surface area contributed by atoms with Gasteiger partial charge in [-0.25, -0.2) is 0 Å². The molecule has 4 nitrogen and oxygen atoms in total. The van der Waals surface area contributed by atoms with Crippen molar-refractivity contribution in [1.82, 2.24) is 10.2 Å². The summed E-state index contributed by atoms with van der Waals surface area (Å²) in [6, 6.07) is 18.2. The fraction of sp³-hybridized carbons (Fsp3) is 0.350. The molecule has 2 unspecified atom stereocenters. The molecular weight excluding hydrogens is 300 g/mol. The van der Waals surface area contributed by atoms with E-state index >= 15 is 0 Å². The van der Waals surface area contributed by atoms with Crippen molar-refractivity contribution in [2.24, 2.45) is 0 Å². The van der Waals surface area contributed by atoms with E-state index in [4.69, 9.17) is 4.74 Å². The summed E-state index contributed by atoms with van der Waals surface area (Å²) in [7, 11) is 0. The number of benzene rings is 2. The summed E-state index contributed by atoms with van der Waals surface area (Å²) < 4.78 is 6.07. The number of carbonyl (C=O) groups is 1. The van der Waals surface area contributed by atoms with E-state index in [0.29, 0.717) is 6.61 Å². The molecule has 2 saturated heterocycles. The average molecular weight is 322 g/mol. The largest absolute Gasteiger partial charge is 0.488 e. The molecule has 0 aliphatic carbocycles. The van der Waals surface area contributed by atoms with E-state index in [1.807, 2.05) is 36.4 Å². The number of ether oxygens (including phenoxy) is 1. The van der Waals surface area contributed by atoms with E-state index in [-0.39, 0.29) is 18.1 Å². The van der Waals surface area contributed by atoms with Crippen LogP contribution in [0.3, 0.4) is 0 Å². The first kappa shape index (κ1) is 15.2. The maximum absolute atomic E-state index is 12.3. The molecule has 2 heterocycles. The lowest BCUT2D eigenvalue weighted by molar-refractivity contribution is -0.122. The summed E-state index contributed by atoms with van der Waals surface area (Å²) in [5.74, 6) is 0.996. The smallest absolute Gasteiger partial charge is 0.238 e. The number of nitrogens with zero attached hydrogens (tertiary/aromatic N) is 1. The molecule has 4 rings (SSSR count). The van der Waals surface area contributed by atoms with E-state index in [1.54, 1.807) is 0 Å². The summed E-state index contributed by atoms with van der Waals surface area (Å²) in [5, 5.41) is 3.16. The minimum Gasteiger partial charge on any atom is -0.488 e. The number of nitrogens with one attached hydrogen (secondary N) is 1. The van der Waals surface area contributed by atoms with Crippen LogP contribution in [0.4, 0.5) is 0 Å². The van der Waals surface area contributed by atoms with Gasteiger partial charge in [0.25, 0.3) is 0 Å². The third-order valence-electron chi connectivity index (χ3n) is 4.91. The van der Waals surface area contributed by atoms with Crippen LogP contribution in [0.2, 0.25) is 0 Å². The fourth-order valence-electron chi connectivity index (χ4n) is 3.69. The topological polar surface area (TPSA) is 41.6 Å². The summed E-state index contributed by atoms with van der Waals surface area (Å²) in [5.41, 5.74) is 2.18. The van der Waals surface area contributed by atoms with E-state index < -0.39 is 0 Å². The van der Waals surface area contributed by atoms with Crippen LogP contribution in [-0.4, -0.2) is 23.4 Å². The predicted octanol–water partition coefficient (Wildman–Crippen LogP) is 3.25. The number of hydrogen-bond acceptors (Lipinski definition) is 3. The maximum atomic E-state index is 12.3. The number of carbonyl (C=O) groups excluding carboxylic acids is 1. The first-order chi connectivity index (χ1) is 11.8. The maximum Gasteiger partial charge on any atom is 0.238 e. The van der Waals surface area contributed by atoms with Gasteiger partial charge in [-0.15, -0.1) is 0 Å². The third kappa shape index (κ3) is 2.89. The van der Waals surface area contributed by atoms with E-state index in [2.05, 4.69) is 28.4 Å². The molecule has 124 valence electrons. The second-order valence-corrected chi connectivity index (χ2v) is 6.47. The number of amides is 1. The number of hydrogen-bond donors (Lipinski definition) is 1.